The molecule has 1 aromatic heterocycles. The third-order valence-electron chi connectivity index (χ3n) is 5.46. The van der Waals surface area contributed by atoms with Crippen molar-refractivity contribution in [2.75, 3.05) is 24.7 Å². The summed E-state index contributed by atoms with van der Waals surface area (Å²) < 4.78 is 7.04. The van der Waals surface area contributed by atoms with E-state index in [1.54, 1.807) is 43.5 Å². The molecule has 1 aliphatic rings. The molecule has 4 rings (SSSR count). The Kier molecular flexibility index (Phi) is 7.20. The Hall–Kier alpha value is -3.04. The van der Waals surface area contributed by atoms with Gasteiger partial charge in [0.15, 0.2) is 11.0 Å². The summed E-state index contributed by atoms with van der Waals surface area (Å²) in [6, 6.07) is 13.9. The van der Waals surface area contributed by atoms with Crippen molar-refractivity contribution in [3.8, 4) is 5.75 Å². The summed E-state index contributed by atoms with van der Waals surface area (Å²) in [5.74, 6) is 1.36. The lowest BCUT2D eigenvalue weighted by Gasteiger charge is -2.24. The summed E-state index contributed by atoms with van der Waals surface area (Å²) in [7, 11) is 3.44. The molecule has 8 nitrogen and oxygen atoms in total. The number of thioether (sulfide) groups is 1. The number of nitrogens with one attached hydrogen (secondary N) is 1. The lowest BCUT2D eigenvalue weighted by molar-refractivity contribution is -0.113. The number of likely N-dealkylation sites (tertiary alicyclic amines) is 1. The Morgan fingerprint density at radius 1 is 1.21 bits per heavy atom. The summed E-state index contributed by atoms with van der Waals surface area (Å²) in [5, 5.41) is 12.7. The highest BCUT2D eigenvalue weighted by Crippen LogP contribution is 2.33. The summed E-state index contributed by atoms with van der Waals surface area (Å²) in [5.41, 5.74) is 1.26. The predicted molar refractivity (Wildman–Crippen MR) is 128 cm³/mol. The quantitative estimate of drug-likeness (QED) is 0.505. The molecule has 0 aliphatic carbocycles. The zero-order chi connectivity index (χ0) is 23.4. The van der Waals surface area contributed by atoms with Gasteiger partial charge in [0.2, 0.25) is 5.91 Å². The van der Waals surface area contributed by atoms with E-state index in [0.29, 0.717) is 39.5 Å². The highest BCUT2D eigenvalue weighted by Gasteiger charge is 2.34. The summed E-state index contributed by atoms with van der Waals surface area (Å²) in [6.07, 6.45) is 1.70. The Morgan fingerprint density at radius 3 is 2.76 bits per heavy atom. The molecular formula is C23H24ClN5O3S. The summed E-state index contributed by atoms with van der Waals surface area (Å²) in [4.78, 5) is 27.3. The molecule has 1 atom stereocenters. The van der Waals surface area contributed by atoms with Crippen LogP contribution < -0.4 is 10.1 Å². The van der Waals surface area contributed by atoms with Crippen molar-refractivity contribution in [3.63, 3.8) is 0 Å². The molecule has 1 saturated heterocycles. The van der Waals surface area contributed by atoms with Crippen LogP contribution in [0.1, 0.15) is 35.1 Å². The average Bonchev–Trinajstić information content (AvgIpc) is 3.44. The second-order valence-electron chi connectivity index (χ2n) is 7.63. The van der Waals surface area contributed by atoms with Gasteiger partial charge in [-0.2, -0.15) is 0 Å². The second kappa shape index (κ2) is 10.3. The van der Waals surface area contributed by atoms with Crippen molar-refractivity contribution in [1.82, 2.24) is 19.7 Å². The van der Waals surface area contributed by atoms with E-state index < -0.39 is 0 Å². The fourth-order valence-electron chi connectivity index (χ4n) is 3.81. The average molecular weight is 486 g/mol. The number of methoxy groups -OCH3 is 1. The molecule has 0 saturated carbocycles. The first-order valence-electron chi connectivity index (χ1n) is 10.5. The van der Waals surface area contributed by atoms with E-state index in [2.05, 4.69) is 15.5 Å². The van der Waals surface area contributed by atoms with Gasteiger partial charge in [0, 0.05) is 35.9 Å². The third-order valence-corrected chi connectivity index (χ3v) is 6.73. The van der Waals surface area contributed by atoms with E-state index in [-0.39, 0.29) is 23.6 Å². The number of anilines is 1. The van der Waals surface area contributed by atoms with Gasteiger partial charge in [-0.25, -0.2) is 0 Å². The fourth-order valence-corrected chi connectivity index (χ4v) is 4.65. The number of hydrogen-bond donors (Lipinski definition) is 1. The standard InChI is InChI=1S/C23H24ClN5O3S/c1-28-21(19-7-4-12-29(19)22(31)15-8-10-16(24)11-9-15)26-27-23(28)33-14-20(30)25-17-5-3-6-18(13-17)32-2/h3,5-6,8-11,13,19H,4,7,12,14H2,1-2H3,(H,25,30). The van der Waals surface area contributed by atoms with Gasteiger partial charge in [-0.15, -0.1) is 10.2 Å². The Bertz CT molecular complexity index is 1150. The van der Waals surface area contributed by atoms with Crippen molar-refractivity contribution in [3.05, 3.63) is 64.9 Å². The largest absolute Gasteiger partial charge is 0.497 e. The summed E-state index contributed by atoms with van der Waals surface area (Å²) >= 11 is 7.25. The highest BCUT2D eigenvalue weighted by molar-refractivity contribution is 7.99. The molecule has 2 aromatic carbocycles. The maximum Gasteiger partial charge on any atom is 0.254 e. The molecule has 2 amide bonds. The van der Waals surface area contributed by atoms with Crippen molar-refractivity contribution in [2.24, 2.45) is 7.05 Å². The van der Waals surface area contributed by atoms with Crippen LogP contribution in [0, 0.1) is 0 Å². The van der Waals surface area contributed by atoms with E-state index in [4.69, 9.17) is 16.3 Å². The normalized spacial score (nSPS) is 15.5. The van der Waals surface area contributed by atoms with Crippen LogP contribution in [0.2, 0.25) is 5.02 Å². The molecule has 0 radical (unpaired) electrons. The number of benzene rings is 2. The molecular weight excluding hydrogens is 462 g/mol. The van der Waals surface area contributed by atoms with Gasteiger partial charge in [-0.3, -0.25) is 9.59 Å². The van der Waals surface area contributed by atoms with E-state index in [1.807, 2.05) is 28.6 Å². The van der Waals surface area contributed by atoms with Gasteiger partial charge >= 0.3 is 0 Å². The number of aromatic nitrogens is 3. The molecule has 1 fully saturated rings. The zero-order valence-electron chi connectivity index (χ0n) is 18.3. The second-order valence-corrected chi connectivity index (χ2v) is 9.01. The van der Waals surface area contributed by atoms with Crippen molar-refractivity contribution >= 4 is 40.9 Å². The number of ether oxygens (including phenoxy) is 1. The van der Waals surface area contributed by atoms with Gasteiger partial charge in [-0.1, -0.05) is 29.4 Å². The molecule has 0 bridgehead atoms. The molecule has 1 aliphatic heterocycles. The van der Waals surface area contributed by atoms with Gasteiger partial charge in [0.1, 0.15) is 5.75 Å². The van der Waals surface area contributed by atoms with Crippen LogP contribution in [0.3, 0.4) is 0 Å². The van der Waals surface area contributed by atoms with Crippen molar-refractivity contribution < 1.29 is 14.3 Å². The maximum atomic E-state index is 13.1. The molecule has 0 spiro atoms. The van der Waals surface area contributed by atoms with Crippen LogP contribution in [0.5, 0.6) is 5.75 Å². The van der Waals surface area contributed by atoms with Crippen molar-refractivity contribution in [2.45, 2.75) is 24.0 Å². The van der Waals surface area contributed by atoms with Crippen LogP contribution in [0.15, 0.2) is 53.7 Å². The van der Waals surface area contributed by atoms with E-state index in [1.165, 1.54) is 11.8 Å². The molecule has 10 heteroatoms. The third kappa shape index (κ3) is 5.31. The predicted octanol–water partition coefficient (Wildman–Crippen LogP) is 4.19. The number of rotatable bonds is 7. The first-order valence-corrected chi connectivity index (χ1v) is 11.8. The minimum absolute atomic E-state index is 0.0518. The number of carbonyl (C=O) groups excluding carboxylic acids is 2. The molecule has 33 heavy (non-hydrogen) atoms. The maximum absolute atomic E-state index is 13.1. The van der Waals surface area contributed by atoms with Crippen LogP contribution >= 0.6 is 23.4 Å². The molecule has 3 aromatic rings. The van der Waals surface area contributed by atoms with Crippen LogP contribution in [-0.2, 0) is 11.8 Å². The van der Waals surface area contributed by atoms with E-state index >= 15 is 0 Å². The Labute approximate surface area is 201 Å². The summed E-state index contributed by atoms with van der Waals surface area (Å²) in [6.45, 7) is 0.657. The lowest BCUT2D eigenvalue weighted by atomic mass is 10.1. The topological polar surface area (TPSA) is 89.3 Å². The molecule has 1 N–H and O–H groups in total. The smallest absolute Gasteiger partial charge is 0.254 e. The number of halogens is 1. The van der Waals surface area contributed by atoms with E-state index in [9.17, 15) is 9.59 Å². The highest BCUT2D eigenvalue weighted by atomic mass is 35.5. The number of carbonyl (C=O) groups is 2. The first-order chi connectivity index (χ1) is 16.0. The van der Waals surface area contributed by atoms with Gasteiger partial charge in [0.05, 0.1) is 18.9 Å². The Balaban J connectivity index is 1.40. The van der Waals surface area contributed by atoms with Crippen LogP contribution in [0.4, 0.5) is 5.69 Å². The van der Waals surface area contributed by atoms with E-state index in [0.717, 1.165) is 12.8 Å². The minimum atomic E-state index is -0.161. The Morgan fingerprint density at radius 2 is 2.00 bits per heavy atom. The van der Waals surface area contributed by atoms with Crippen LogP contribution in [0.25, 0.3) is 0 Å². The SMILES string of the molecule is COc1cccc(NC(=O)CSc2nnc(C3CCCN3C(=O)c3ccc(Cl)cc3)n2C)c1. The molecule has 172 valence electrons. The number of nitrogens with zero attached hydrogens (tertiary/aromatic N) is 4. The number of hydrogen-bond acceptors (Lipinski definition) is 6. The molecule has 2 heterocycles. The fraction of sp³-hybridized carbons (Fsp3) is 0.304. The van der Waals surface area contributed by atoms with Gasteiger partial charge < -0.3 is 19.5 Å². The minimum Gasteiger partial charge on any atom is -0.497 e. The van der Waals surface area contributed by atoms with Gasteiger partial charge in [-0.05, 0) is 49.2 Å². The van der Waals surface area contributed by atoms with Gasteiger partial charge in [0.25, 0.3) is 5.91 Å². The first kappa shape index (κ1) is 23.1. The number of amides is 2. The monoisotopic (exact) mass is 485 g/mol. The van der Waals surface area contributed by atoms with Crippen molar-refractivity contribution in [1.29, 1.82) is 0 Å². The molecule has 1 unspecified atom stereocenters. The van der Waals surface area contributed by atoms with Crippen LogP contribution in [-0.4, -0.2) is 50.9 Å². The lowest BCUT2D eigenvalue weighted by Crippen LogP contribution is -2.31. The zero-order valence-corrected chi connectivity index (χ0v) is 19.9.